The number of halogens is 1. The van der Waals surface area contributed by atoms with E-state index >= 15 is 0 Å². The third-order valence-electron chi connectivity index (χ3n) is 5.60. The number of hydrogen-bond donors (Lipinski definition) is 2. The van der Waals surface area contributed by atoms with Gasteiger partial charge in [0.15, 0.2) is 0 Å². The van der Waals surface area contributed by atoms with Crippen molar-refractivity contribution in [2.24, 2.45) is 5.73 Å². The summed E-state index contributed by atoms with van der Waals surface area (Å²) < 4.78 is 6.96. The second-order valence-corrected chi connectivity index (χ2v) is 8.20. The van der Waals surface area contributed by atoms with Gasteiger partial charge in [0, 0.05) is 32.9 Å². The average molecular weight is 476 g/mol. The second-order valence-electron chi connectivity index (χ2n) is 7.76. The van der Waals surface area contributed by atoms with Gasteiger partial charge in [-0.2, -0.15) is 0 Å². The van der Waals surface area contributed by atoms with E-state index < -0.39 is 5.91 Å². The number of nitrogens with zero attached hydrogens (tertiary/aromatic N) is 1. The van der Waals surface area contributed by atoms with Crippen molar-refractivity contribution < 1.29 is 19.1 Å². The summed E-state index contributed by atoms with van der Waals surface area (Å²) in [6.07, 6.45) is 0.0111. The number of methoxy groups -OCH3 is 1. The Morgan fingerprint density at radius 2 is 1.74 bits per heavy atom. The maximum absolute atomic E-state index is 13.4. The SMILES string of the molecule is COc1ccc2c(c1)c(CC(=O)Nc1cccc(C(N)=O)c1)c(C)n2C(=O)c1ccc(Cl)cc1. The molecule has 4 aromatic rings. The zero-order valence-electron chi connectivity index (χ0n) is 18.6. The van der Waals surface area contributed by atoms with Crippen LogP contribution in [-0.4, -0.2) is 29.4 Å². The highest BCUT2D eigenvalue weighted by Gasteiger charge is 2.22. The molecule has 4 rings (SSSR count). The van der Waals surface area contributed by atoms with Crippen molar-refractivity contribution >= 4 is 45.9 Å². The first-order valence-electron chi connectivity index (χ1n) is 10.5. The molecule has 0 unspecified atom stereocenters. The number of rotatable bonds is 6. The zero-order valence-corrected chi connectivity index (χ0v) is 19.3. The van der Waals surface area contributed by atoms with Gasteiger partial charge in [-0.15, -0.1) is 0 Å². The highest BCUT2D eigenvalue weighted by molar-refractivity contribution is 6.30. The summed E-state index contributed by atoms with van der Waals surface area (Å²) in [5.74, 6) is -0.502. The highest BCUT2D eigenvalue weighted by atomic mass is 35.5. The van der Waals surface area contributed by atoms with Crippen LogP contribution in [0.3, 0.4) is 0 Å². The number of anilines is 1. The Hall–Kier alpha value is -4.10. The van der Waals surface area contributed by atoms with Crippen molar-refractivity contribution in [3.05, 3.63) is 94.1 Å². The van der Waals surface area contributed by atoms with Crippen LogP contribution in [0.25, 0.3) is 10.9 Å². The Morgan fingerprint density at radius 1 is 1.00 bits per heavy atom. The lowest BCUT2D eigenvalue weighted by atomic mass is 10.1. The van der Waals surface area contributed by atoms with Crippen LogP contribution in [0, 0.1) is 6.92 Å². The molecule has 34 heavy (non-hydrogen) atoms. The number of amides is 2. The summed E-state index contributed by atoms with van der Waals surface area (Å²) in [4.78, 5) is 37.8. The molecule has 3 N–H and O–H groups in total. The van der Waals surface area contributed by atoms with E-state index in [1.54, 1.807) is 73.2 Å². The van der Waals surface area contributed by atoms with Gasteiger partial charge in [0.1, 0.15) is 5.75 Å². The van der Waals surface area contributed by atoms with Gasteiger partial charge in [-0.05, 0) is 73.2 Å². The quantitative estimate of drug-likeness (QED) is 0.426. The van der Waals surface area contributed by atoms with Crippen LogP contribution in [-0.2, 0) is 11.2 Å². The number of carbonyl (C=O) groups excluding carboxylic acids is 3. The first kappa shape index (κ1) is 23.1. The molecule has 0 fully saturated rings. The summed E-state index contributed by atoms with van der Waals surface area (Å²) in [5.41, 5.74) is 8.55. The summed E-state index contributed by atoms with van der Waals surface area (Å²) in [6.45, 7) is 1.80. The van der Waals surface area contributed by atoms with E-state index in [9.17, 15) is 14.4 Å². The summed E-state index contributed by atoms with van der Waals surface area (Å²) in [6, 6.07) is 18.4. The maximum Gasteiger partial charge on any atom is 0.262 e. The van der Waals surface area contributed by atoms with Gasteiger partial charge < -0.3 is 15.8 Å². The van der Waals surface area contributed by atoms with Gasteiger partial charge >= 0.3 is 0 Å². The normalized spacial score (nSPS) is 10.8. The van der Waals surface area contributed by atoms with Crippen LogP contribution in [0.2, 0.25) is 5.02 Å². The molecule has 2 amide bonds. The number of fused-ring (bicyclic) bond motifs is 1. The first-order chi connectivity index (χ1) is 16.3. The van der Waals surface area contributed by atoms with Gasteiger partial charge in [-0.1, -0.05) is 17.7 Å². The third kappa shape index (κ3) is 4.51. The molecule has 7 nitrogen and oxygen atoms in total. The van der Waals surface area contributed by atoms with Crippen molar-refractivity contribution in [3.63, 3.8) is 0 Å². The molecular formula is C26H22ClN3O4. The van der Waals surface area contributed by atoms with E-state index in [-0.39, 0.29) is 18.2 Å². The molecule has 0 atom stereocenters. The molecule has 0 radical (unpaired) electrons. The summed E-state index contributed by atoms with van der Waals surface area (Å²) in [5, 5.41) is 4.07. The van der Waals surface area contributed by atoms with E-state index in [1.165, 1.54) is 6.07 Å². The Labute approximate surface area is 201 Å². The Kier molecular flexibility index (Phi) is 6.38. The van der Waals surface area contributed by atoms with Crippen molar-refractivity contribution in [2.75, 3.05) is 12.4 Å². The molecule has 1 heterocycles. The summed E-state index contributed by atoms with van der Waals surface area (Å²) >= 11 is 5.97. The van der Waals surface area contributed by atoms with E-state index in [0.717, 1.165) is 5.39 Å². The van der Waals surface area contributed by atoms with Gasteiger partial charge in [-0.25, -0.2) is 0 Å². The minimum absolute atomic E-state index is 0.0111. The van der Waals surface area contributed by atoms with Gasteiger partial charge in [0.25, 0.3) is 5.91 Å². The predicted octanol–water partition coefficient (Wildman–Crippen LogP) is 4.58. The molecular weight excluding hydrogens is 454 g/mol. The topological polar surface area (TPSA) is 103 Å². The van der Waals surface area contributed by atoms with E-state index in [0.29, 0.717) is 44.4 Å². The molecule has 0 spiro atoms. The zero-order chi connectivity index (χ0) is 24.4. The lowest BCUT2D eigenvalue weighted by molar-refractivity contribution is -0.115. The average Bonchev–Trinajstić information content (AvgIpc) is 3.09. The lowest BCUT2D eigenvalue weighted by Crippen LogP contribution is -2.17. The van der Waals surface area contributed by atoms with Crippen LogP contribution in [0.5, 0.6) is 5.75 Å². The lowest BCUT2D eigenvalue weighted by Gasteiger charge is -2.09. The summed E-state index contributed by atoms with van der Waals surface area (Å²) in [7, 11) is 1.56. The number of hydrogen-bond acceptors (Lipinski definition) is 4. The van der Waals surface area contributed by atoms with Crippen LogP contribution in [0.4, 0.5) is 5.69 Å². The van der Waals surface area contributed by atoms with Crippen molar-refractivity contribution in [1.82, 2.24) is 4.57 Å². The predicted molar refractivity (Wildman–Crippen MR) is 132 cm³/mol. The highest BCUT2D eigenvalue weighted by Crippen LogP contribution is 2.31. The standard InChI is InChI=1S/C26H22ClN3O4/c1-15-21(14-24(31)29-19-5-3-4-17(12-19)25(28)32)22-13-20(34-2)10-11-23(22)30(15)26(33)16-6-8-18(27)9-7-16/h3-13H,14H2,1-2H3,(H2,28,32)(H,29,31). The molecule has 0 saturated carbocycles. The Morgan fingerprint density at radius 3 is 2.41 bits per heavy atom. The molecule has 8 heteroatoms. The Bertz CT molecular complexity index is 1420. The molecule has 0 aliphatic heterocycles. The van der Waals surface area contributed by atoms with E-state index in [2.05, 4.69) is 5.32 Å². The van der Waals surface area contributed by atoms with Crippen LogP contribution in [0.1, 0.15) is 32.0 Å². The van der Waals surface area contributed by atoms with Crippen molar-refractivity contribution in [2.45, 2.75) is 13.3 Å². The molecule has 0 aliphatic carbocycles. The van der Waals surface area contributed by atoms with Gasteiger partial charge in [0.2, 0.25) is 11.8 Å². The molecule has 3 aromatic carbocycles. The number of nitrogens with one attached hydrogen (secondary N) is 1. The molecule has 172 valence electrons. The number of carbonyl (C=O) groups is 3. The largest absolute Gasteiger partial charge is 0.497 e. The number of aromatic nitrogens is 1. The van der Waals surface area contributed by atoms with Crippen molar-refractivity contribution in [1.29, 1.82) is 0 Å². The van der Waals surface area contributed by atoms with Gasteiger partial charge in [-0.3, -0.25) is 19.0 Å². The smallest absolute Gasteiger partial charge is 0.262 e. The molecule has 0 aliphatic rings. The minimum atomic E-state index is -0.581. The number of primary amides is 1. The monoisotopic (exact) mass is 475 g/mol. The minimum Gasteiger partial charge on any atom is -0.497 e. The maximum atomic E-state index is 13.4. The Balaban J connectivity index is 1.73. The fraction of sp³-hybridized carbons (Fsp3) is 0.115. The third-order valence-corrected chi connectivity index (χ3v) is 5.86. The number of benzene rings is 3. The fourth-order valence-electron chi connectivity index (χ4n) is 3.91. The molecule has 0 bridgehead atoms. The molecule has 0 saturated heterocycles. The van der Waals surface area contributed by atoms with E-state index in [4.69, 9.17) is 22.1 Å². The first-order valence-corrected chi connectivity index (χ1v) is 10.8. The van der Waals surface area contributed by atoms with Crippen molar-refractivity contribution in [3.8, 4) is 5.75 Å². The molecule has 1 aromatic heterocycles. The van der Waals surface area contributed by atoms with Crippen LogP contribution >= 0.6 is 11.6 Å². The number of nitrogens with two attached hydrogens (primary N) is 1. The van der Waals surface area contributed by atoms with E-state index in [1.807, 2.05) is 6.07 Å². The van der Waals surface area contributed by atoms with Crippen LogP contribution in [0.15, 0.2) is 66.7 Å². The number of ether oxygens (including phenoxy) is 1. The van der Waals surface area contributed by atoms with Gasteiger partial charge in [0.05, 0.1) is 19.0 Å². The fourth-order valence-corrected chi connectivity index (χ4v) is 4.04. The van der Waals surface area contributed by atoms with Crippen LogP contribution < -0.4 is 15.8 Å². The second kappa shape index (κ2) is 9.41.